The van der Waals surface area contributed by atoms with Gasteiger partial charge in [0.15, 0.2) is 0 Å². The Balaban J connectivity index is 1.47. The molecule has 4 rings (SSSR count). The van der Waals surface area contributed by atoms with E-state index in [2.05, 4.69) is 32.9 Å². The second-order valence-electron chi connectivity index (χ2n) is 7.52. The number of fused-ring (bicyclic) bond motifs is 1. The molecule has 2 heterocycles. The zero-order chi connectivity index (χ0) is 22.0. The van der Waals surface area contributed by atoms with E-state index in [0.717, 1.165) is 20.3 Å². The van der Waals surface area contributed by atoms with Crippen LogP contribution in [0.5, 0.6) is 0 Å². The van der Waals surface area contributed by atoms with Crippen LogP contribution in [0.1, 0.15) is 24.4 Å². The maximum absolute atomic E-state index is 12.7. The summed E-state index contributed by atoms with van der Waals surface area (Å²) in [7, 11) is 1.35. The number of carbonyl (C=O) groups is 2. The second kappa shape index (κ2) is 9.13. The van der Waals surface area contributed by atoms with Crippen LogP contribution >= 0.6 is 22.6 Å². The highest BCUT2D eigenvalue weighted by molar-refractivity contribution is 14.1. The van der Waals surface area contributed by atoms with Gasteiger partial charge in [-0.2, -0.15) is 0 Å². The van der Waals surface area contributed by atoms with Crippen molar-refractivity contribution < 1.29 is 14.3 Å². The first-order valence-electron chi connectivity index (χ1n) is 10.1. The number of nitrogens with zero attached hydrogens (tertiary/aromatic N) is 2. The van der Waals surface area contributed by atoms with E-state index in [1.165, 1.54) is 7.11 Å². The topological polar surface area (TPSA) is 96.4 Å². The number of benzene rings is 2. The third kappa shape index (κ3) is 4.60. The van der Waals surface area contributed by atoms with Crippen molar-refractivity contribution in [2.45, 2.75) is 25.3 Å². The first-order valence-corrected chi connectivity index (χ1v) is 11.1. The summed E-state index contributed by atoms with van der Waals surface area (Å²) in [5.41, 5.74) is 2.73. The Morgan fingerprint density at radius 1 is 1.16 bits per heavy atom. The average Bonchev–Trinajstić information content (AvgIpc) is 3.12. The van der Waals surface area contributed by atoms with Crippen molar-refractivity contribution in [3.05, 3.63) is 62.1 Å². The number of anilines is 1. The predicted molar refractivity (Wildman–Crippen MR) is 126 cm³/mol. The monoisotopic (exact) mass is 534 g/mol. The van der Waals surface area contributed by atoms with Gasteiger partial charge in [-0.05, 0) is 71.3 Å². The van der Waals surface area contributed by atoms with Crippen LogP contribution in [0.25, 0.3) is 11.0 Å². The lowest BCUT2D eigenvalue weighted by Crippen LogP contribution is -2.42. The standard InChI is InChI=1S/C22H23IN4O4/c1-31-19(28)13-14-3-2-4-18-20(14)25-22(30)27(18)17-9-11-26(12-10-17)21(29)24-16-7-5-15(23)6-8-16/h2-8,17H,9-13H2,1H3,(H,24,29)(H,25,30). The van der Waals surface area contributed by atoms with Crippen molar-refractivity contribution in [3.8, 4) is 0 Å². The summed E-state index contributed by atoms with van der Waals surface area (Å²) in [5, 5.41) is 2.93. The minimum absolute atomic E-state index is 0.0167. The van der Waals surface area contributed by atoms with Crippen LogP contribution in [0.2, 0.25) is 0 Å². The normalized spacial score (nSPS) is 14.6. The maximum Gasteiger partial charge on any atom is 0.326 e. The van der Waals surface area contributed by atoms with Crippen molar-refractivity contribution in [1.82, 2.24) is 14.5 Å². The van der Waals surface area contributed by atoms with Crippen LogP contribution in [0.15, 0.2) is 47.3 Å². The van der Waals surface area contributed by atoms with Gasteiger partial charge < -0.3 is 19.9 Å². The molecule has 0 spiro atoms. The Morgan fingerprint density at radius 2 is 1.87 bits per heavy atom. The molecule has 0 aliphatic carbocycles. The smallest absolute Gasteiger partial charge is 0.326 e. The molecule has 1 aliphatic heterocycles. The molecule has 0 atom stereocenters. The van der Waals surface area contributed by atoms with E-state index in [1.807, 2.05) is 42.5 Å². The van der Waals surface area contributed by atoms with Gasteiger partial charge in [0.05, 0.1) is 24.6 Å². The number of rotatable bonds is 4. The summed E-state index contributed by atoms with van der Waals surface area (Å²) in [6.07, 6.45) is 1.45. The highest BCUT2D eigenvalue weighted by Crippen LogP contribution is 2.27. The highest BCUT2D eigenvalue weighted by atomic mass is 127. The number of nitrogens with one attached hydrogen (secondary N) is 2. The van der Waals surface area contributed by atoms with Crippen molar-refractivity contribution >= 4 is 51.3 Å². The van der Waals surface area contributed by atoms with E-state index >= 15 is 0 Å². The molecule has 0 radical (unpaired) electrons. The Morgan fingerprint density at radius 3 is 2.55 bits per heavy atom. The summed E-state index contributed by atoms with van der Waals surface area (Å²) in [6.45, 7) is 1.11. The number of para-hydroxylation sites is 1. The Bertz CT molecular complexity index is 1160. The molecular weight excluding hydrogens is 511 g/mol. The van der Waals surface area contributed by atoms with E-state index in [9.17, 15) is 14.4 Å². The number of likely N-dealkylation sites (tertiary alicyclic amines) is 1. The molecule has 1 aromatic heterocycles. The lowest BCUT2D eigenvalue weighted by Gasteiger charge is -2.32. The quantitative estimate of drug-likeness (QED) is 0.396. The molecule has 31 heavy (non-hydrogen) atoms. The zero-order valence-corrected chi connectivity index (χ0v) is 19.2. The van der Waals surface area contributed by atoms with Crippen LogP contribution in [0.4, 0.5) is 10.5 Å². The molecule has 162 valence electrons. The summed E-state index contributed by atoms with van der Waals surface area (Å²) in [4.78, 5) is 41.7. The van der Waals surface area contributed by atoms with Crippen molar-refractivity contribution in [2.75, 3.05) is 25.5 Å². The molecule has 0 saturated carbocycles. The zero-order valence-electron chi connectivity index (χ0n) is 17.1. The van der Waals surface area contributed by atoms with E-state index in [4.69, 9.17) is 4.74 Å². The van der Waals surface area contributed by atoms with Crippen molar-refractivity contribution in [2.24, 2.45) is 0 Å². The number of carbonyl (C=O) groups excluding carboxylic acids is 2. The number of piperidine rings is 1. The molecular formula is C22H23IN4O4. The van der Waals surface area contributed by atoms with Crippen molar-refractivity contribution in [3.63, 3.8) is 0 Å². The summed E-state index contributed by atoms with van der Waals surface area (Å²) in [6, 6.07) is 13.0. The van der Waals surface area contributed by atoms with Gasteiger partial charge in [0, 0.05) is 28.4 Å². The van der Waals surface area contributed by atoms with Gasteiger partial charge in [0.1, 0.15) is 0 Å². The molecule has 1 fully saturated rings. The Hall–Kier alpha value is -2.82. The summed E-state index contributed by atoms with van der Waals surface area (Å²) >= 11 is 2.22. The van der Waals surface area contributed by atoms with Crippen molar-refractivity contribution in [1.29, 1.82) is 0 Å². The van der Waals surface area contributed by atoms with E-state index in [-0.39, 0.29) is 30.2 Å². The lowest BCUT2D eigenvalue weighted by atomic mass is 10.0. The number of H-pyrrole nitrogens is 1. The molecule has 0 unspecified atom stereocenters. The first-order chi connectivity index (χ1) is 15.0. The van der Waals surface area contributed by atoms with Gasteiger partial charge in [-0.15, -0.1) is 0 Å². The van der Waals surface area contributed by atoms with Crippen LogP contribution in [0.3, 0.4) is 0 Å². The van der Waals surface area contributed by atoms with Gasteiger partial charge in [0.2, 0.25) is 0 Å². The highest BCUT2D eigenvalue weighted by Gasteiger charge is 2.26. The molecule has 1 saturated heterocycles. The average molecular weight is 534 g/mol. The molecule has 8 nitrogen and oxygen atoms in total. The number of amides is 2. The number of aromatic amines is 1. The van der Waals surface area contributed by atoms with Gasteiger partial charge >= 0.3 is 17.7 Å². The molecule has 9 heteroatoms. The SMILES string of the molecule is COC(=O)Cc1cccc2c1[nH]c(=O)n2C1CCN(C(=O)Nc2ccc(I)cc2)CC1. The largest absolute Gasteiger partial charge is 0.469 e. The maximum atomic E-state index is 12.7. The minimum atomic E-state index is -0.353. The van der Waals surface area contributed by atoms with Crippen LogP contribution in [0, 0.1) is 3.57 Å². The summed E-state index contributed by atoms with van der Waals surface area (Å²) < 4.78 is 7.62. The number of methoxy groups -OCH3 is 1. The van der Waals surface area contributed by atoms with Crippen LogP contribution < -0.4 is 11.0 Å². The first kappa shape index (κ1) is 21.4. The fourth-order valence-electron chi connectivity index (χ4n) is 4.01. The van der Waals surface area contributed by atoms with E-state index in [1.54, 1.807) is 9.47 Å². The van der Waals surface area contributed by atoms with Gasteiger partial charge in [-0.3, -0.25) is 9.36 Å². The van der Waals surface area contributed by atoms with Gasteiger partial charge in [-0.25, -0.2) is 9.59 Å². The van der Waals surface area contributed by atoms with E-state index in [0.29, 0.717) is 31.4 Å². The fraction of sp³-hybridized carbons (Fsp3) is 0.318. The second-order valence-corrected chi connectivity index (χ2v) is 8.77. The third-order valence-electron chi connectivity index (χ3n) is 5.61. The lowest BCUT2D eigenvalue weighted by molar-refractivity contribution is -0.139. The molecule has 2 amide bonds. The third-order valence-corrected chi connectivity index (χ3v) is 6.33. The number of hydrogen-bond donors (Lipinski definition) is 2. The Labute approximate surface area is 192 Å². The molecule has 3 aromatic rings. The van der Waals surface area contributed by atoms with Gasteiger partial charge in [-0.1, -0.05) is 12.1 Å². The molecule has 2 N–H and O–H groups in total. The number of ether oxygens (including phenoxy) is 1. The van der Waals surface area contributed by atoms with Crippen LogP contribution in [-0.2, 0) is 16.0 Å². The molecule has 1 aliphatic rings. The number of hydrogen-bond acceptors (Lipinski definition) is 4. The number of imidazole rings is 1. The fourth-order valence-corrected chi connectivity index (χ4v) is 4.37. The molecule has 0 bridgehead atoms. The number of aromatic nitrogens is 2. The Kier molecular flexibility index (Phi) is 6.30. The summed E-state index contributed by atoms with van der Waals surface area (Å²) in [5.74, 6) is -0.353. The van der Waals surface area contributed by atoms with Gasteiger partial charge in [0.25, 0.3) is 0 Å². The molecule has 2 aromatic carbocycles. The minimum Gasteiger partial charge on any atom is -0.469 e. The number of urea groups is 1. The van der Waals surface area contributed by atoms with Crippen LogP contribution in [-0.4, -0.2) is 46.7 Å². The number of esters is 1. The predicted octanol–water partition coefficient (Wildman–Crippen LogP) is 3.52. The number of halogens is 1. The van der Waals surface area contributed by atoms with E-state index < -0.39 is 0 Å².